The van der Waals surface area contributed by atoms with Crippen LogP contribution in [0.4, 0.5) is 0 Å². The normalized spacial score (nSPS) is 13.0. The third kappa shape index (κ3) is 4.11. The van der Waals surface area contributed by atoms with Gasteiger partial charge in [0.25, 0.3) is 0 Å². The minimum Gasteiger partial charge on any atom is -0.305 e. The van der Waals surface area contributed by atoms with Gasteiger partial charge in [0, 0.05) is 23.5 Å². The number of fused-ring (bicyclic) bond motifs is 1. The van der Waals surface area contributed by atoms with E-state index in [9.17, 15) is 4.79 Å². The second-order valence-corrected chi connectivity index (χ2v) is 6.17. The highest BCUT2D eigenvalue weighted by Crippen LogP contribution is 2.15. The van der Waals surface area contributed by atoms with E-state index in [2.05, 4.69) is 36.3 Å². The maximum atomic E-state index is 12.4. The van der Waals surface area contributed by atoms with Crippen molar-refractivity contribution in [2.75, 3.05) is 0 Å². The summed E-state index contributed by atoms with van der Waals surface area (Å²) in [6.07, 6.45) is 2.57. The molecule has 1 unspecified atom stereocenters. The van der Waals surface area contributed by atoms with E-state index in [0.29, 0.717) is 6.42 Å². The molecule has 1 N–H and O–H groups in total. The Labute approximate surface area is 126 Å². The fourth-order valence-corrected chi connectivity index (χ4v) is 2.51. The summed E-state index contributed by atoms with van der Waals surface area (Å²) in [4.78, 5) is 16.8. The molecule has 1 heterocycles. The predicted octanol–water partition coefficient (Wildman–Crippen LogP) is 3.37. The van der Waals surface area contributed by atoms with Gasteiger partial charge in [-0.25, -0.2) is 0 Å². The molecule has 112 valence electrons. The fraction of sp³-hybridized carbons (Fsp3) is 0.444. The highest BCUT2D eigenvalue weighted by atomic mass is 16.1. The molecule has 0 saturated heterocycles. The summed E-state index contributed by atoms with van der Waals surface area (Å²) in [5.74, 6) is 0.298. The van der Waals surface area contributed by atoms with E-state index in [1.807, 2.05) is 38.2 Å². The monoisotopic (exact) mass is 284 g/mol. The van der Waals surface area contributed by atoms with Gasteiger partial charge in [-0.2, -0.15) is 0 Å². The first-order valence-electron chi connectivity index (χ1n) is 7.61. The molecule has 1 atom stereocenters. The average molecular weight is 284 g/mol. The molecule has 0 spiro atoms. The van der Waals surface area contributed by atoms with Crippen molar-refractivity contribution >= 4 is 16.7 Å². The van der Waals surface area contributed by atoms with Gasteiger partial charge in [0.1, 0.15) is 0 Å². The fourth-order valence-electron chi connectivity index (χ4n) is 2.51. The third-order valence-corrected chi connectivity index (χ3v) is 3.53. The molecule has 0 bridgehead atoms. The zero-order valence-electron chi connectivity index (χ0n) is 13.3. The Morgan fingerprint density at radius 2 is 1.90 bits per heavy atom. The van der Waals surface area contributed by atoms with Gasteiger partial charge < -0.3 is 5.32 Å². The molecule has 0 aliphatic heterocycles. The number of hydrogen-bond donors (Lipinski definition) is 1. The molecule has 2 rings (SSSR count). The Balaban J connectivity index is 2.23. The molecule has 2 aromatic rings. The molecule has 0 amide bonds. The summed E-state index contributed by atoms with van der Waals surface area (Å²) in [5, 5.41) is 4.50. The molecule has 0 saturated carbocycles. The molecule has 0 fully saturated rings. The minimum absolute atomic E-state index is 0.0367. The van der Waals surface area contributed by atoms with E-state index >= 15 is 0 Å². The van der Waals surface area contributed by atoms with Crippen molar-refractivity contribution in [1.82, 2.24) is 10.3 Å². The van der Waals surface area contributed by atoms with Crippen LogP contribution in [0.15, 0.2) is 36.5 Å². The maximum absolute atomic E-state index is 12.4. The molecule has 21 heavy (non-hydrogen) atoms. The van der Waals surface area contributed by atoms with Crippen molar-refractivity contribution in [3.8, 4) is 0 Å². The van der Waals surface area contributed by atoms with Crippen LogP contribution in [0.3, 0.4) is 0 Å². The number of benzene rings is 1. The molecule has 1 aromatic carbocycles. The lowest BCUT2D eigenvalue weighted by molar-refractivity contribution is -0.124. The summed E-state index contributed by atoms with van der Waals surface area (Å²) in [6.45, 7) is 8.05. The highest BCUT2D eigenvalue weighted by Gasteiger charge is 2.22. The lowest BCUT2D eigenvalue weighted by atomic mass is 9.95. The Hall–Kier alpha value is -1.74. The number of ketones is 1. The second-order valence-electron chi connectivity index (χ2n) is 6.17. The SMILES string of the molecule is CC(C)NC(Cc1cnc2ccccc2c1)C(=O)C(C)C. The number of rotatable bonds is 6. The minimum atomic E-state index is -0.145. The van der Waals surface area contributed by atoms with Crippen LogP contribution in [0.25, 0.3) is 10.9 Å². The lowest BCUT2D eigenvalue weighted by Gasteiger charge is -2.22. The molecule has 3 heteroatoms. The van der Waals surface area contributed by atoms with Crippen LogP contribution in [0.5, 0.6) is 0 Å². The van der Waals surface area contributed by atoms with E-state index in [0.717, 1.165) is 16.5 Å². The first kappa shape index (κ1) is 15.6. The van der Waals surface area contributed by atoms with Gasteiger partial charge in [0.15, 0.2) is 5.78 Å². The predicted molar refractivity (Wildman–Crippen MR) is 87.4 cm³/mol. The van der Waals surface area contributed by atoms with Gasteiger partial charge in [-0.3, -0.25) is 9.78 Å². The quantitative estimate of drug-likeness (QED) is 0.884. The Morgan fingerprint density at radius 3 is 2.57 bits per heavy atom. The van der Waals surface area contributed by atoms with E-state index in [1.54, 1.807) is 0 Å². The van der Waals surface area contributed by atoms with Crippen LogP contribution < -0.4 is 5.32 Å². The first-order chi connectivity index (χ1) is 9.97. The van der Waals surface area contributed by atoms with Crippen molar-refractivity contribution in [3.05, 3.63) is 42.1 Å². The van der Waals surface area contributed by atoms with Crippen LogP contribution in [0.2, 0.25) is 0 Å². The number of Topliss-reactive ketones (excluding diaryl/α,β-unsaturated/α-hetero) is 1. The van der Waals surface area contributed by atoms with Crippen LogP contribution >= 0.6 is 0 Å². The zero-order chi connectivity index (χ0) is 15.4. The molecular formula is C18H24N2O. The topological polar surface area (TPSA) is 42.0 Å². The summed E-state index contributed by atoms with van der Waals surface area (Å²) < 4.78 is 0. The number of nitrogens with one attached hydrogen (secondary N) is 1. The molecule has 0 radical (unpaired) electrons. The Bertz CT molecular complexity index is 619. The van der Waals surface area contributed by atoms with Gasteiger partial charge in [-0.15, -0.1) is 0 Å². The second kappa shape index (κ2) is 6.81. The van der Waals surface area contributed by atoms with Crippen LogP contribution in [-0.4, -0.2) is 22.9 Å². The Kier molecular flexibility index (Phi) is 5.07. The number of carbonyl (C=O) groups excluding carboxylic acids is 1. The van der Waals surface area contributed by atoms with Gasteiger partial charge >= 0.3 is 0 Å². The third-order valence-electron chi connectivity index (χ3n) is 3.53. The van der Waals surface area contributed by atoms with E-state index in [-0.39, 0.29) is 23.8 Å². The summed E-state index contributed by atoms with van der Waals surface area (Å²) in [5.41, 5.74) is 2.09. The number of pyridine rings is 1. The lowest BCUT2D eigenvalue weighted by Crippen LogP contribution is -2.44. The van der Waals surface area contributed by atoms with Crippen LogP contribution in [0, 0.1) is 5.92 Å². The largest absolute Gasteiger partial charge is 0.305 e. The van der Waals surface area contributed by atoms with E-state index < -0.39 is 0 Å². The summed E-state index contributed by atoms with van der Waals surface area (Å²) >= 11 is 0. The zero-order valence-corrected chi connectivity index (χ0v) is 13.3. The van der Waals surface area contributed by atoms with Crippen molar-refractivity contribution in [1.29, 1.82) is 0 Å². The van der Waals surface area contributed by atoms with E-state index in [4.69, 9.17) is 0 Å². The number of hydrogen-bond acceptors (Lipinski definition) is 3. The van der Waals surface area contributed by atoms with Gasteiger partial charge in [0.2, 0.25) is 0 Å². The van der Waals surface area contributed by atoms with Crippen LogP contribution in [0.1, 0.15) is 33.3 Å². The van der Waals surface area contributed by atoms with Gasteiger partial charge in [-0.05, 0) is 24.1 Å². The first-order valence-corrected chi connectivity index (χ1v) is 7.61. The number of aromatic nitrogens is 1. The van der Waals surface area contributed by atoms with Crippen LogP contribution in [-0.2, 0) is 11.2 Å². The van der Waals surface area contributed by atoms with Crippen molar-refractivity contribution < 1.29 is 4.79 Å². The highest BCUT2D eigenvalue weighted by molar-refractivity contribution is 5.86. The average Bonchev–Trinajstić information content (AvgIpc) is 2.45. The summed E-state index contributed by atoms with van der Waals surface area (Å²) in [7, 11) is 0. The number of carbonyl (C=O) groups is 1. The standard InChI is InChI=1S/C18H24N2O/c1-12(2)18(21)17(20-13(3)4)10-14-9-15-7-5-6-8-16(15)19-11-14/h5-9,11-13,17,20H,10H2,1-4H3. The molecule has 0 aliphatic rings. The van der Waals surface area contributed by atoms with Crippen molar-refractivity contribution in [2.45, 2.75) is 46.2 Å². The molecule has 0 aliphatic carbocycles. The van der Waals surface area contributed by atoms with Crippen molar-refractivity contribution in [2.24, 2.45) is 5.92 Å². The van der Waals surface area contributed by atoms with Crippen molar-refractivity contribution in [3.63, 3.8) is 0 Å². The Morgan fingerprint density at radius 1 is 1.19 bits per heavy atom. The number of para-hydroxylation sites is 1. The maximum Gasteiger partial charge on any atom is 0.152 e. The molecule has 3 nitrogen and oxygen atoms in total. The molecular weight excluding hydrogens is 260 g/mol. The summed E-state index contributed by atoms with van der Waals surface area (Å²) in [6, 6.07) is 10.3. The number of nitrogens with zero attached hydrogens (tertiary/aromatic N) is 1. The van der Waals surface area contributed by atoms with Gasteiger partial charge in [-0.1, -0.05) is 45.9 Å². The smallest absolute Gasteiger partial charge is 0.152 e. The van der Waals surface area contributed by atoms with Gasteiger partial charge in [0.05, 0.1) is 11.6 Å². The molecule has 1 aromatic heterocycles. The van der Waals surface area contributed by atoms with E-state index in [1.165, 1.54) is 0 Å².